The molecule has 5 fully saturated rings. The first-order valence-corrected chi connectivity index (χ1v) is 41.3. The van der Waals surface area contributed by atoms with Gasteiger partial charge in [0.1, 0.15) is 79.7 Å². The highest BCUT2D eigenvalue weighted by Gasteiger charge is 2.61. The SMILES string of the molecule is CCC1O[C@@H](O[C@H]2C(C(=O)OC)O[C@@H](O[C@H]3C(COC(=O)c4ccccc4)O[C@@H](OC)C(N=[N+]=[N-])[C@H]3OCc3ccccc3)C(OC(=O)c3ccccc3)[C@@H]2OCc2ccccc2)C(N=[N+]=[N-])[C@@H](C)[C@H]1O[C@@H]1OC(C(=O)OC)[C@H](O[C@@H]2OC(CC)[C@H](OCc3ccccc3)[C@H](OCc3ccccc3)C2N=[N+]=[N-])[C@H](OCc2ccccc2)C1OCc1ccccc1. The lowest BCUT2D eigenvalue weighted by Gasteiger charge is -2.51. The summed E-state index contributed by atoms with van der Waals surface area (Å²) in [5.74, 6) is -4.73. The lowest BCUT2D eigenvalue weighted by Crippen LogP contribution is -2.68. The van der Waals surface area contributed by atoms with Gasteiger partial charge in [-0.3, -0.25) is 0 Å². The Labute approximate surface area is 722 Å². The molecule has 0 aromatic heterocycles. The number of carbonyl (C=O) groups excluding carboxylic acids is 4. The summed E-state index contributed by atoms with van der Waals surface area (Å²) in [6, 6.07) is 67.4. The number of hydrogen-bond acceptors (Lipinski definition) is 27. The monoisotopic (exact) mass is 1720 g/mol. The van der Waals surface area contributed by atoms with Crippen LogP contribution in [0, 0.1) is 5.92 Å². The molecule has 5 aliphatic rings. The van der Waals surface area contributed by atoms with E-state index in [1.807, 2.05) is 134 Å². The number of nitrogens with zero attached hydrogens (tertiary/aromatic N) is 9. The fourth-order valence-electron chi connectivity index (χ4n) is 15.9. The molecule has 5 heterocycles. The van der Waals surface area contributed by atoms with E-state index in [0.717, 1.165) is 18.2 Å². The molecule has 5 aliphatic heterocycles. The fraction of sp³-hybridized carbons (Fsp3) is 0.435. The smallest absolute Gasteiger partial charge is 0.338 e. The Morgan fingerprint density at radius 2 is 0.640 bits per heavy atom. The molecule has 0 N–H and O–H groups in total. The average Bonchev–Trinajstić information content (AvgIpc) is 0.756. The van der Waals surface area contributed by atoms with Gasteiger partial charge in [0.05, 0.1) is 89.3 Å². The molecule has 0 aliphatic carbocycles. The van der Waals surface area contributed by atoms with Crippen molar-refractivity contribution in [2.24, 2.45) is 21.3 Å². The van der Waals surface area contributed by atoms with Crippen LogP contribution in [0.1, 0.15) is 87.7 Å². The molecule has 8 aromatic carbocycles. The first-order chi connectivity index (χ1) is 61.2. The number of rotatable bonds is 39. The Balaban J connectivity index is 0.869. The van der Waals surface area contributed by atoms with Crippen molar-refractivity contribution in [1.29, 1.82) is 0 Å². The maximum atomic E-state index is 15.1. The molecule has 0 radical (unpaired) electrons. The lowest BCUT2D eigenvalue weighted by atomic mass is 9.87. The van der Waals surface area contributed by atoms with Crippen molar-refractivity contribution in [2.75, 3.05) is 27.9 Å². The third-order valence-electron chi connectivity index (χ3n) is 22.2. The second-order valence-corrected chi connectivity index (χ2v) is 30.2. The molecule has 10 unspecified atom stereocenters. The first-order valence-electron chi connectivity index (χ1n) is 41.3. The standard InChI is InChI=1S/C92H101N9O24/c1-7-65-71(120-91-82(114-54-62-43-27-14-28-44-62)76(112-52-60-39-23-12-24-40-60)78(80(124-91)86(104)106-4)123-90-70(98-101-95)74(110-50-58-35-19-10-20-36-58)72(66(8-2)117-90)109-49-57-33-17-9-18-34-57)56(3)68(96-99-93)89(116-65)122-79-77(113-53-61-41-25-13-26-42-61)83(119-85(103)64-47-31-16-32-48-64)92(125-81(79)87(105)107-5)121-73-67(55-115-84(102)63-45-29-15-30-46-63)118-88(108-6)69(97-100-94)75(73)111-51-59-37-21-11-22-38-59/h9-48,56,65-83,88-92H,7-8,49-55H2,1-6H3/t56-,65?,66?,67?,68?,69?,70?,71-,72+,73+,74-,75-,76+,77-,78-,79-,80?,81?,82?,83?,88-,89+,90+,91-,92-/m1/s1. The van der Waals surface area contributed by atoms with Crippen molar-refractivity contribution in [3.05, 3.63) is 318 Å². The van der Waals surface area contributed by atoms with E-state index < -0.39 is 184 Å². The highest BCUT2D eigenvalue weighted by molar-refractivity contribution is 5.90. The molecular weight excluding hydrogens is 1620 g/mol. The number of benzene rings is 8. The molecule has 0 spiro atoms. The molecule has 0 amide bonds. The number of hydrogen-bond donors (Lipinski definition) is 0. The number of carbonyl (C=O) groups is 4. The summed E-state index contributed by atoms with van der Waals surface area (Å²) in [5.41, 5.74) is 36.3. The van der Waals surface area contributed by atoms with Gasteiger partial charge in [0.15, 0.2) is 49.8 Å². The van der Waals surface area contributed by atoms with E-state index in [4.69, 9.17) is 94.7 Å². The normalized spacial score (nSPS) is 29.6. The van der Waals surface area contributed by atoms with Gasteiger partial charge in [-0.1, -0.05) is 255 Å². The predicted octanol–water partition coefficient (Wildman–Crippen LogP) is 14.2. The van der Waals surface area contributed by atoms with Crippen molar-refractivity contribution >= 4 is 23.9 Å². The zero-order valence-electron chi connectivity index (χ0n) is 69.7. The van der Waals surface area contributed by atoms with E-state index in [1.165, 1.54) is 26.4 Å². The highest BCUT2D eigenvalue weighted by atomic mass is 16.8. The van der Waals surface area contributed by atoms with Crippen LogP contribution in [0.2, 0.25) is 0 Å². The number of methoxy groups -OCH3 is 3. The molecule has 33 heteroatoms. The van der Waals surface area contributed by atoms with Crippen LogP contribution in [-0.4, -0.2) is 199 Å². The molecular formula is C92H101N9O24. The Hall–Kier alpha value is -11.1. The van der Waals surface area contributed by atoms with Gasteiger partial charge in [0, 0.05) is 21.8 Å². The van der Waals surface area contributed by atoms with Crippen LogP contribution in [0.3, 0.4) is 0 Å². The zero-order chi connectivity index (χ0) is 87.4. The molecule has 5 saturated heterocycles. The molecule has 0 bridgehead atoms. The van der Waals surface area contributed by atoms with E-state index >= 15 is 14.4 Å². The van der Waals surface area contributed by atoms with Gasteiger partial charge >= 0.3 is 23.9 Å². The second-order valence-electron chi connectivity index (χ2n) is 30.2. The minimum Gasteiger partial charge on any atom is -0.467 e. The van der Waals surface area contributed by atoms with Gasteiger partial charge in [0.2, 0.25) is 0 Å². The summed E-state index contributed by atoms with van der Waals surface area (Å²) in [5, 5.41) is 12.8. The van der Waals surface area contributed by atoms with Crippen LogP contribution in [-0.2, 0) is 144 Å². The van der Waals surface area contributed by atoms with Crippen LogP contribution < -0.4 is 0 Å². The average molecular weight is 1720 g/mol. The number of azide groups is 3. The van der Waals surface area contributed by atoms with E-state index in [2.05, 4.69) is 30.1 Å². The van der Waals surface area contributed by atoms with Gasteiger partial charge in [-0.15, -0.1) is 0 Å². The van der Waals surface area contributed by atoms with Crippen molar-refractivity contribution in [1.82, 2.24) is 0 Å². The summed E-state index contributed by atoms with van der Waals surface area (Å²) in [6.07, 6.45) is -30.4. The fourth-order valence-corrected chi connectivity index (χ4v) is 15.9. The van der Waals surface area contributed by atoms with Gasteiger partial charge in [-0.2, -0.15) is 0 Å². The summed E-state index contributed by atoms with van der Waals surface area (Å²) >= 11 is 0. The quantitative estimate of drug-likeness (QED) is 0.0113. The molecule has 33 nitrogen and oxygen atoms in total. The minimum atomic E-state index is -1.96. The number of esters is 4. The Kier molecular flexibility index (Phi) is 33.9. The van der Waals surface area contributed by atoms with Gasteiger partial charge in [0.25, 0.3) is 0 Å². The van der Waals surface area contributed by atoms with E-state index in [9.17, 15) is 21.4 Å². The maximum Gasteiger partial charge on any atom is 0.338 e. The number of ether oxygens (including phenoxy) is 20. The van der Waals surface area contributed by atoms with Gasteiger partial charge < -0.3 is 94.7 Å². The summed E-state index contributed by atoms with van der Waals surface area (Å²) < 4.78 is 134. The van der Waals surface area contributed by atoms with Crippen molar-refractivity contribution in [2.45, 2.75) is 220 Å². The topological polar surface area (TPSA) is 399 Å². The third kappa shape index (κ3) is 23.5. The van der Waals surface area contributed by atoms with Crippen molar-refractivity contribution in [3.8, 4) is 0 Å². The Bertz CT molecular complexity index is 4830. The van der Waals surface area contributed by atoms with Crippen LogP contribution in [0.15, 0.2) is 258 Å². The van der Waals surface area contributed by atoms with Crippen LogP contribution in [0.4, 0.5) is 0 Å². The van der Waals surface area contributed by atoms with Crippen molar-refractivity contribution in [3.63, 3.8) is 0 Å². The first kappa shape index (κ1) is 91.6. The summed E-state index contributed by atoms with van der Waals surface area (Å²) in [4.78, 5) is 69.0. The van der Waals surface area contributed by atoms with E-state index in [1.54, 1.807) is 117 Å². The van der Waals surface area contributed by atoms with E-state index in [0.29, 0.717) is 28.7 Å². The highest BCUT2D eigenvalue weighted by Crippen LogP contribution is 2.44. The summed E-state index contributed by atoms with van der Waals surface area (Å²) in [7, 11) is 3.60. The maximum absolute atomic E-state index is 15.1. The zero-order valence-corrected chi connectivity index (χ0v) is 69.7. The van der Waals surface area contributed by atoms with Crippen LogP contribution in [0.5, 0.6) is 0 Å². The largest absolute Gasteiger partial charge is 0.467 e. The van der Waals surface area contributed by atoms with Gasteiger partial charge in [-0.05, 0) is 93.0 Å². The molecule has 658 valence electrons. The molecule has 8 aromatic rings. The van der Waals surface area contributed by atoms with Crippen LogP contribution in [0.25, 0.3) is 31.3 Å². The van der Waals surface area contributed by atoms with Crippen LogP contribution >= 0.6 is 0 Å². The van der Waals surface area contributed by atoms with E-state index in [-0.39, 0.29) is 57.2 Å². The molecule has 0 saturated carbocycles. The Morgan fingerprint density at radius 1 is 0.328 bits per heavy atom. The van der Waals surface area contributed by atoms with Gasteiger partial charge in [-0.25, -0.2) is 19.2 Å². The molecule has 13 rings (SSSR count). The lowest BCUT2D eigenvalue weighted by molar-refractivity contribution is -0.378. The summed E-state index contributed by atoms with van der Waals surface area (Å²) in [6.45, 7) is 4.45. The third-order valence-corrected chi connectivity index (χ3v) is 22.2. The molecule has 25 atom stereocenters. The minimum absolute atomic E-state index is 0.0526. The predicted molar refractivity (Wildman–Crippen MR) is 445 cm³/mol. The van der Waals surface area contributed by atoms with Crippen molar-refractivity contribution < 1.29 is 114 Å². The molecule has 125 heavy (non-hydrogen) atoms. The second kappa shape index (κ2) is 46.2. The Morgan fingerprint density at radius 3 is 1.04 bits per heavy atom.